The van der Waals surface area contributed by atoms with Gasteiger partial charge in [0.15, 0.2) is 5.16 Å². The molecule has 1 aromatic heterocycles. The van der Waals surface area contributed by atoms with E-state index in [2.05, 4.69) is 46.1 Å². The molecule has 0 atom stereocenters. The fourth-order valence-electron chi connectivity index (χ4n) is 2.91. The number of amides is 1. The first-order valence-corrected chi connectivity index (χ1v) is 10.6. The Morgan fingerprint density at radius 2 is 1.93 bits per heavy atom. The van der Waals surface area contributed by atoms with E-state index in [0.29, 0.717) is 17.4 Å². The van der Waals surface area contributed by atoms with Gasteiger partial charge in [0.05, 0.1) is 12.9 Å². The van der Waals surface area contributed by atoms with Crippen LogP contribution in [0.25, 0.3) is 0 Å². The molecule has 1 heterocycles. The molecular weight excluding hydrogens is 384 g/mol. The summed E-state index contributed by atoms with van der Waals surface area (Å²) < 4.78 is 7.32. The van der Waals surface area contributed by atoms with E-state index in [1.807, 2.05) is 36.4 Å². The minimum absolute atomic E-state index is 0.0908. The van der Waals surface area contributed by atoms with Crippen molar-refractivity contribution in [1.29, 1.82) is 0 Å². The van der Waals surface area contributed by atoms with Crippen molar-refractivity contribution in [1.82, 2.24) is 14.8 Å². The molecule has 2 aromatic carbocycles. The fourth-order valence-corrected chi connectivity index (χ4v) is 3.68. The predicted molar refractivity (Wildman–Crippen MR) is 116 cm³/mol. The van der Waals surface area contributed by atoms with Crippen LogP contribution < -0.4 is 10.1 Å². The maximum atomic E-state index is 12.4. The smallest absolute Gasteiger partial charge is 0.234 e. The highest BCUT2D eigenvalue weighted by Gasteiger charge is 2.16. The van der Waals surface area contributed by atoms with Crippen LogP contribution in [0.5, 0.6) is 5.75 Å². The molecule has 0 bridgehead atoms. The molecule has 0 aliphatic heterocycles. The van der Waals surface area contributed by atoms with Crippen LogP contribution in [0.15, 0.2) is 59.8 Å². The number of hydrogen-bond acceptors (Lipinski definition) is 5. The van der Waals surface area contributed by atoms with E-state index < -0.39 is 0 Å². The molecule has 3 rings (SSSR count). The van der Waals surface area contributed by atoms with E-state index in [9.17, 15) is 4.79 Å². The van der Waals surface area contributed by atoms with E-state index in [0.717, 1.165) is 23.9 Å². The van der Waals surface area contributed by atoms with Gasteiger partial charge in [-0.3, -0.25) is 4.79 Å². The zero-order chi connectivity index (χ0) is 20.6. The van der Waals surface area contributed by atoms with Gasteiger partial charge in [0.25, 0.3) is 0 Å². The summed E-state index contributed by atoms with van der Waals surface area (Å²) >= 11 is 1.40. The van der Waals surface area contributed by atoms with Crippen molar-refractivity contribution < 1.29 is 9.53 Å². The molecule has 0 fully saturated rings. The van der Waals surface area contributed by atoms with Crippen LogP contribution >= 0.6 is 11.8 Å². The Kier molecular flexibility index (Phi) is 7.30. The molecule has 1 amide bonds. The number of benzene rings is 2. The number of rotatable bonds is 9. The first-order chi connectivity index (χ1) is 14.0. The second-order valence-corrected chi connectivity index (χ2v) is 8.08. The van der Waals surface area contributed by atoms with Crippen molar-refractivity contribution in [3.8, 4) is 5.75 Å². The number of hydrogen-bond donors (Lipinski definition) is 1. The van der Waals surface area contributed by atoms with Gasteiger partial charge in [-0.05, 0) is 23.6 Å². The monoisotopic (exact) mass is 410 g/mol. The number of aromatic nitrogens is 3. The summed E-state index contributed by atoms with van der Waals surface area (Å²) in [6, 6.07) is 17.5. The predicted octanol–water partition coefficient (Wildman–Crippen LogP) is 4.26. The molecule has 0 saturated heterocycles. The highest BCUT2D eigenvalue weighted by atomic mass is 32.2. The van der Waals surface area contributed by atoms with Gasteiger partial charge in [0.2, 0.25) is 5.91 Å². The number of methoxy groups -OCH3 is 1. The molecule has 152 valence electrons. The molecule has 6 nitrogen and oxygen atoms in total. The standard InChI is InChI=1S/C22H26N4O2S/c1-16(2)14-26-20(12-17-8-5-4-6-9-17)24-25-22(26)29-15-21(27)23-18-10-7-11-19(13-18)28-3/h4-11,13,16H,12,14-15H2,1-3H3,(H,23,27). The second kappa shape index (κ2) is 10.1. The van der Waals surface area contributed by atoms with Crippen molar-refractivity contribution >= 4 is 23.4 Å². The molecule has 0 unspecified atom stereocenters. The summed E-state index contributed by atoms with van der Waals surface area (Å²) in [6.45, 7) is 5.14. The number of ether oxygens (including phenoxy) is 1. The minimum atomic E-state index is -0.0908. The number of nitrogens with one attached hydrogen (secondary N) is 1. The van der Waals surface area contributed by atoms with Crippen LogP contribution in [0.4, 0.5) is 5.69 Å². The van der Waals surface area contributed by atoms with Crippen molar-refractivity contribution in [2.24, 2.45) is 5.92 Å². The Hall–Kier alpha value is -2.80. The van der Waals surface area contributed by atoms with Crippen LogP contribution in [0.3, 0.4) is 0 Å². The lowest BCUT2D eigenvalue weighted by molar-refractivity contribution is -0.113. The van der Waals surface area contributed by atoms with Crippen LogP contribution in [0.1, 0.15) is 25.2 Å². The van der Waals surface area contributed by atoms with Crippen LogP contribution in [0.2, 0.25) is 0 Å². The van der Waals surface area contributed by atoms with Crippen molar-refractivity contribution in [3.05, 3.63) is 66.0 Å². The quantitative estimate of drug-likeness (QED) is 0.534. The molecule has 0 aliphatic rings. The van der Waals surface area contributed by atoms with Crippen molar-refractivity contribution in [3.63, 3.8) is 0 Å². The highest BCUT2D eigenvalue weighted by molar-refractivity contribution is 7.99. The third-order valence-corrected chi connectivity index (χ3v) is 5.20. The summed E-state index contributed by atoms with van der Waals surface area (Å²) in [5, 5.41) is 12.4. The molecule has 29 heavy (non-hydrogen) atoms. The topological polar surface area (TPSA) is 69.0 Å². The maximum Gasteiger partial charge on any atom is 0.234 e. The molecular formula is C22H26N4O2S. The van der Waals surface area contributed by atoms with Gasteiger partial charge in [0.1, 0.15) is 11.6 Å². The Balaban J connectivity index is 1.67. The number of nitrogens with zero attached hydrogens (tertiary/aromatic N) is 3. The third-order valence-electron chi connectivity index (χ3n) is 4.23. The number of carbonyl (C=O) groups excluding carboxylic acids is 1. The summed E-state index contributed by atoms with van der Waals surface area (Å²) in [4.78, 5) is 12.4. The zero-order valence-electron chi connectivity index (χ0n) is 17.0. The first-order valence-electron chi connectivity index (χ1n) is 9.58. The zero-order valence-corrected chi connectivity index (χ0v) is 17.8. The summed E-state index contributed by atoms with van der Waals surface area (Å²) in [6.07, 6.45) is 0.719. The third kappa shape index (κ3) is 6.09. The molecule has 0 aliphatic carbocycles. The SMILES string of the molecule is COc1cccc(NC(=O)CSc2nnc(Cc3ccccc3)n2CC(C)C)c1. The van der Waals surface area contributed by atoms with Crippen molar-refractivity contribution in [2.45, 2.75) is 32.0 Å². The molecule has 7 heteroatoms. The second-order valence-electron chi connectivity index (χ2n) is 7.13. The summed E-state index contributed by atoms with van der Waals surface area (Å²) in [7, 11) is 1.60. The minimum Gasteiger partial charge on any atom is -0.497 e. The largest absolute Gasteiger partial charge is 0.497 e. The van der Waals surface area contributed by atoms with Gasteiger partial charge < -0.3 is 14.6 Å². The maximum absolute atomic E-state index is 12.4. The Labute approximate surface area is 175 Å². The van der Waals surface area contributed by atoms with Gasteiger partial charge in [0, 0.05) is 24.7 Å². The molecule has 1 N–H and O–H groups in total. The molecule has 0 spiro atoms. The van der Waals surface area contributed by atoms with Gasteiger partial charge in [-0.15, -0.1) is 10.2 Å². The Bertz CT molecular complexity index is 941. The van der Waals surface area contributed by atoms with E-state index in [4.69, 9.17) is 4.74 Å². The van der Waals surface area contributed by atoms with Gasteiger partial charge in [-0.25, -0.2) is 0 Å². The van der Waals surface area contributed by atoms with Gasteiger partial charge >= 0.3 is 0 Å². The van der Waals surface area contributed by atoms with Crippen LogP contribution in [-0.2, 0) is 17.8 Å². The highest BCUT2D eigenvalue weighted by Crippen LogP contribution is 2.22. The van der Waals surface area contributed by atoms with Gasteiger partial charge in [-0.1, -0.05) is 62.0 Å². The average Bonchev–Trinajstić information content (AvgIpc) is 3.08. The molecule has 0 saturated carbocycles. The number of anilines is 1. The molecule has 0 radical (unpaired) electrons. The summed E-state index contributed by atoms with van der Waals surface area (Å²) in [5.74, 6) is 2.24. The van der Waals surface area contributed by atoms with E-state index in [-0.39, 0.29) is 11.7 Å². The number of thioether (sulfide) groups is 1. The lowest BCUT2D eigenvalue weighted by Gasteiger charge is -2.12. The van der Waals surface area contributed by atoms with E-state index in [1.54, 1.807) is 13.2 Å². The van der Waals surface area contributed by atoms with E-state index in [1.165, 1.54) is 17.3 Å². The average molecular weight is 411 g/mol. The van der Waals surface area contributed by atoms with Crippen LogP contribution in [-0.4, -0.2) is 33.5 Å². The Morgan fingerprint density at radius 1 is 1.14 bits per heavy atom. The normalized spacial score (nSPS) is 10.9. The summed E-state index contributed by atoms with van der Waals surface area (Å²) in [5.41, 5.74) is 1.90. The van der Waals surface area contributed by atoms with Gasteiger partial charge in [-0.2, -0.15) is 0 Å². The lowest BCUT2D eigenvalue weighted by Crippen LogP contribution is -2.15. The van der Waals surface area contributed by atoms with E-state index >= 15 is 0 Å². The molecule has 3 aromatic rings. The van der Waals surface area contributed by atoms with Crippen LogP contribution in [0, 0.1) is 5.92 Å². The fraction of sp³-hybridized carbons (Fsp3) is 0.318. The van der Waals surface area contributed by atoms with Crippen molar-refractivity contribution in [2.75, 3.05) is 18.2 Å². The lowest BCUT2D eigenvalue weighted by atomic mass is 10.1. The first kappa shape index (κ1) is 20.9. The number of carbonyl (C=O) groups is 1. The Morgan fingerprint density at radius 3 is 2.66 bits per heavy atom.